The van der Waals surface area contributed by atoms with Crippen LogP contribution in [0.15, 0.2) is 18.2 Å². The van der Waals surface area contributed by atoms with Crippen LogP contribution in [0.4, 0.5) is 0 Å². The summed E-state index contributed by atoms with van der Waals surface area (Å²) >= 11 is 0. The van der Waals surface area contributed by atoms with Crippen molar-refractivity contribution >= 4 is 5.91 Å². The van der Waals surface area contributed by atoms with E-state index >= 15 is 0 Å². The SMILES string of the molecule is Cc1ccc(O)cc1C12CCN(C(=O)C(C)N)CC1C(C)N(CC1CC1)CC2. The van der Waals surface area contributed by atoms with E-state index in [9.17, 15) is 9.90 Å². The van der Waals surface area contributed by atoms with Crippen LogP contribution < -0.4 is 5.73 Å². The molecule has 3 fully saturated rings. The molecule has 1 saturated carbocycles. The zero-order valence-corrected chi connectivity index (χ0v) is 17.5. The van der Waals surface area contributed by atoms with Crippen molar-refractivity contribution in [2.45, 2.75) is 64.0 Å². The van der Waals surface area contributed by atoms with Crippen LogP contribution in [0.5, 0.6) is 5.75 Å². The highest BCUT2D eigenvalue weighted by molar-refractivity contribution is 5.81. The van der Waals surface area contributed by atoms with Crippen molar-refractivity contribution in [3.8, 4) is 5.75 Å². The first-order chi connectivity index (χ1) is 13.3. The van der Waals surface area contributed by atoms with E-state index in [4.69, 9.17) is 5.73 Å². The Morgan fingerprint density at radius 2 is 2.04 bits per heavy atom. The number of phenolic OH excluding ortho intramolecular Hbond substituents is 1. The van der Waals surface area contributed by atoms with E-state index in [1.807, 2.05) is 17.0 Å². The fourth-order valence-electron chi connectivity index (χ4n) is 5.74. The second-order valence-corrected chi connectivity index (χ2v) is 9.51. The number of aryl methyl sites for hydroxylation is 1. The number of phenols is 1. The summed E-state index contributed by atoms with van der Waals surface area (Å²) in [5.74, 6) is 1.63. The lowest BCUT2D eigenvalue weighted by atomic mass is 9.58. The van der Waals surface area contributed by atoms with Crippen LogP contribution in [0.2, 0.25) is 0 Å². The number of nitrogens with two attached hydrogens (primary N) is 1. The van der Waals surface area contributed by atoms with Crippen molar-refractivity contribution in [1.82, 2.24) is 9.80 Å². The second-order valence-electron chi connectivity index (χ2n) is 9.51. The Morgan fingerprint density at radius 1 is 1.32 bits per heavy atom. The normalized spacial score (nSPS) is 32.1. The van der Waals surface area contributed by atoms with Crippen molar-refractivity contribution in [2.24, 2.45) is 17.6 Å². The smallest absolute Gasteiger partial charge is 0.239 e. The van der Waals surface area contributed by atoms with Crippen molar-refractivity contribution < 1.29 is 9.90 Å². The van der Waals surface area contributed by atoms with Crippen LogP contribution in [-0.2, 0) is 10.2 Å². The van der Waals surface area contributed by atoms with Gasteiger partial charge in [0.2, 0.25) is 5.91 Å². The van der Waals surface area contributed by atoms with E-state index < -0.39 is 6.04 Å². The standard InChI is InChI=1S/C23H35N3O2/c1-15-4-7-19(27)12-20(15)23-8-10-25(13-18-5-6-18)17(3)21(23)14-26(11-9-23)22(28)16(2)24/h4,7,12,16-18,21,27H,5-6,8-11,13-14,24H2,1-3H3. The Hall–Kier alpha value is -1.59. The van der Waals surface area contributed by atoms with Gasteiger partial charge in [-0.2, -0.15) is 0 Å². The van der Waals surface area contributed by atoms with E-state index in [-0.39, 0.29) is 11.3 Å². The van der Waals surface area contributed by atoms with Gasteiger partial charge in [0.25, 0.3) is 0 Å². The van der Waals surface area contributed by atoms with Gasteiger partial charge in [0.1, 0.15) is 5.75 Å². The molecule has 4 rings (SSSR count). The quantitative estimate of drug-likeness (QED) is 0.836. The molecular formula is C23H35N3O2. The molecule has 2 heterocycles. The molecule has 0 bridgehead atoms. The number of hydrogen-bond acceptors (Lipinski definition) is 4. The zero-order chi connectivity index (χ0) is 20.1. The highest BCUT2D eigenvalue weighted by Gasteiger charge is 2.52. The Balaban J connectivity index is 1.69. The third kappa shape index (κ3) is 3.43. The van der Waals surface area contributed by atoms with Crippen molar-refractivity contribution in [1.29, 1.82) is 0 Å². The molecule has 4 unspecified atom stereocenters. The van der Waals surface area contributed by atoms with Gasteiger partial charge >= 0.3 is 0 Å². The number of likely N-dealkylation sites (tertiary alicyclic amines) is 2. The van der Waals surface area contributed by atoms with Crippen molar-refractivity contribution in [3.05, 3.63) is 29.3 Å². The minimum Gasteiger partial charge on any atom is -0.508 e. The van der Waals surface area contributed by atoms with Crippen LogP contribution in [0, 0.1) is 18.8 Å². The van der Waals surface area contributed by atoms with Gasteiger partial charge < -0.3 is 15.7 Å². The fourth-order valence-corrected chi connectivity index (χ4v) is 5.74. The average Bonchev–Trinajstić information content (AvgIpc) is 3.49. The lowest BCUT2D eigenvalue weighted by Gasteiger charge is -2.57. The maximum Gasteiger partial charge on any atom is 0.239 e. The van der Waals surface area contributed by atoms with Crippen LogP contribution in [0.3, 0.4) is 0 Å². The van der Waals surface area contributed by atoms with Crippen molar-refractivity contribution in [3.63, 3.8) is 0 Å². The summed E-state index contributed by atoms with van der Waals surface area (Å²) in [6.45, 7) is 10.1. The molecule has 3 aliphatic rings. The Bertz CT molecular complexity index is 745. The summed E-state index contributed by atoms with van der Waals surface area (Å²) < 4.78 is 0. The average molecular weight is 386 g/mol. The molecule has 1 aromatic carbocycles. The third-order valence-electron chi connectivity index (χ3n) is 7.61. The topological polar surface area (TPSA) is 69.8 Å². The van der Waals surface area contributed by atoms with Gasteiger partial charge in [0, 0.05) is 37.0 Å². The monoisotopic (exact) mass is 385 g/mol. The third-order valence-corrected chi connectivity index (χ3v) is 7.61. The summed E-state index contributed by atoms with van der Waals surface area (Å²) in [5.41, 5.74) is 8.48. The van der Waals surface area contributed by atoms with Crippen LogP contribution in [0.25, 0.3) is 0 Å². The maximum absolute atomic E-state index is 12.7. The van der Waals surface area contributed by atoms with Gasteiger partial charge in [-0.1, -0.05) is 6.07 Å². The lowest BCUT2D eigenvalue weighted by molar-refractivity contribution is -0.137. The van der Waals surface area contributed by atoms with Gasteiger partial charge in [-0.15, -0.1) is 0 Å². The molecule has 0 radical (unpaired) electrons. The number of carbonyl (C=O) groups excluding carboxylic acids is 1. The summed E-state index contributed by atoms with van der Waals surface area (Å²) in [4.78, 5) is 17.3. The predicted octanol–water partition coefficient (Wildman–Crippen LogP) is 2.64. The molecular weight excluding hydrogens is 350 g/mol. The Kier molecular flexibility index (Phi) is 5.17. The molecule has 3 N–H and O–H groups in total. The van der Waals surface area contributed by atoms with E-state index in [0.29, 0.717) is 17.7 Å². The highest BCUT2D eigenvalue weighted by Crippen LogP contribution is 2.50. The number of carbonyl (C=O) groups is 1. The lowest BCUT2D eigenvalue weighted by Crippen LogP contribution is -2.63. The first-order valence-electron chi connectivity index (χ1n) is 10.9. The van der Waals surface area contributed by atoms with E-state index in [2.05, 4.69) is 18.7 Å². The summed E-state index contributed by atoms with van der Waals surface area (Å²) in [7, 11) is 0. The molecule has 2 saturated heterocycles. The van der Waals surface area contributed by atoms with E-state index in [1.165, 1.54) is 30.5 Å². The number of nitrogens with zero attached hydrogens (tertiary/aromatic N) is 2. The molecule has 1 aliphatic carbocycles. The number of hydrogen-bond donors (Lipinski definition) is 2. The highest BCUT2D eigenvalue weighted by atomic mass is 16.3. The number of aromatic hydroxyl groups is 1. The Morgan fingerprint density at radius 3 is 2.71 bits per heavy atom. The molecule has 1 aromatic rings. The molecule has 5 heteroatoms. The molecule has 1 amide bonds. The molecule has 154 valence electrons. The molecule has 4 atom stereocenters. The first kappa shape index (κ1) is 19.7. The minimum atomic E-state index is -0.448. The molecule has 28 heavy (non-hydrogen) atoms. The van der Waals surface area contributed by atoms with Gasteiger partial charge in [0.15, 0.2) is 0 Å². The minimum absolute atomic E-state index is 0.0247. The van der Waals surface area contributed by atoms with E-state index in [1.54, 1.807) is 13.0 Å². The summed E-state index contributed by atoms with van der Waals surface area (Å²) in [5, 5.41) is 10.2. The van der Waals surface area contributed by atoms with Gasteiger partial charge in [-0.3, -0.25) is 9.69 Å². The molecule has 2 aliphatic heterocycles. The number of benzene rings is 1. The van der Waals surface area contributed by atoms with Gasteiger partial charge in [-0.25, -0.2) is 0 Å². The largest absolute Gasteiger partial charge is 0.508 e. The summed E-state index contributed by atoms with van der Waals surface area (Å²) in [6.07, 6.45) is 4.77. The fraction of sp³-hybridized carbons (Fsp3) is 0.696. The molecule has 5 nitrogen and oxygen atoms in total. The Labute approximate surface area is 168 Å². The molecule has 0 aromatic heterocycles. The zero-order valence-electron chi connectivity index (χ0n) is 17.5. The number of amides is 1. The van der Waals surface area contributed by atoms with Crippen LogP contribution >= 0.6 is 0 Å². The van der Waals surface area contributed by atoms with Gasteiger partial charge in [0.05, 0.1) is 6.04 Å². The summed E-state index contributed by atoms with van der Waals surface area (Å²) in [6, 6.07) is 5.77. The van der Waals surface area contributed by atoms with Gasteiger partial charge in [-0.05, 0) is 82.2 Å². The van der Waals surface area contributed by atoms with Crippen molar-refractivity contribution in [2.75, 3.05) is 26.2 Å². The number of piperidine rings is 2. The number of rotatable bonds is 4. The molecule has 0 spiro atoms. The number of fused-ring (bicyclic) bond motifs is 1. The predicted molar refractivity (Wildman–Crippen MR) is 111 cm³/mol. The second kappa shape index (κ2) is 7.34. The van der Waals surface area contributed by atoms with Crippen LogP contribution in [-0.4, -0.2) is 59.1 Å². The first-order valence-corrected chi connectivity index (χ1v) is 10.9. The van der Waals surface area contributed by atoms with E-state index in [0.717, 1.165) is 38.4 Å². The van der Waals surface area contributed by atoms with Crippen LogP contribution in [0.1, 0.15) is 50.7 Å². The maximum atomic E-state index is 12.7.